The molecule has 9 heavy (non-hydrogen) atoms. The second-order valence-corrected chi connectivity index (χ2v) is 2.92. The van der Waals surface area contributed by atoms with E-state index in [1.54, 1.807) is 0 Å². The number of aliphatic hydroxyl groups is 1. The minimum atomic E-state index is -0.448. The van der Waals surface area contributed by atoms with Crippen LogP contribution in [0, 0.1) is 0 Å². The third-order valence-electron chi connectivity index (χ3n) is 1.14. The number of hydrogen-bond donors (Lipinski definition) is 1. The van der Waals surface area contributed by atoms with Crippen molar-refractivity contribution in [1.82, 2.24) is 0 Å². The SMILES string of the molecule is CCCCC(C)(C)O.[H-].[Li+]. The molecule has 0 radical (unpaired) electrons. The summed E-state index contributed by atoms with van der Waals surface area (Å²) in [6.45, 7) is 5.83. The van der Waals surface area contributed by atoms with E-state index < -0.39 is 5.60 Å². The van der Waals surface area contributed by atoms with E-state index >= 15 is 0 Å². The van der Waals surface area contributed by atoms with E-state index in [4.69, 9.17) is 5.11 Å². The molecule has 52 valence electrons. The molecule has 0 saturated heterocycles. The summed E-state index contributed by atoms with van der Waals surface area (Å²) in [6, 6.07) is 0. The van der Waals surface area contributed by atoms with Gasteiger partial charge in [-0.15, -0.1) is 0 Å². The molecule has 2 heteroatoms. The van der Waals surface area contributed by atoms with Gasteiger partial charge in [0.05, 0.1) is 5.60 Å². The average molecular weight is 124 g/mol. The standard InChI is InChI=1S/C7H16O.Li.H/c1-4-5-6-7(2,3)8;;/h8H,4-6H2,1-3H3;;/q;+1;-1. The minimum Gasteiger partial charge on any atom is -1.00 e. The fourth-order valence-electron chi connectivity index (χ4n) is 0.609. The van der Waals surface area contributed by atoms with Crippen LogP contribution in [-0.4, -0.2) is 10.7 Å². The zero-order valence-electron chi connectivity index (χ0n) is 8.07. The van der Waals surface area contributed by atoms with Crippen molar-refractivity contribution in [3.63, 3.8) is 0 Å². The Kier molecular flexibility index (Phi) is 7.29. The van der Waals surface area contributed by atoms with E-state index in [1.807, 2.05) is 13.8 Å². The Bertz CT molecular complexity index is 61.1. The van der Waals surface area contributed by atoms with Gasteiger partial charge in [-0.05, 0) is 20.3 Å². The molecule has 0 rings (SSSR count). The first-order chi connectivity index (χ1) is 3.56. The van der Waals surface area contributed by atoms with Crippen molar-refractivity contribution < 1.29 is 25.4 Å². The van der Waals surface area contributed by atoms with Gasteiger partial charge in [-0.25, -0.2) is 0 Å². The largest absolute Gasteiger partial charge is 1.00 e. The molecule has 0 spiro atoms. The molecular weight excluding hydrogens is 107 g/mol. The normalized spacial score (nSPS) is 10.7. The Morgan fingerprint density at radius 3 is 2.00 bits per heavy atom. The predicted octanol–water partition coefficient (Wildman–Crippen LogP) is -0.936. The second-order valence-electron chi connectivity index (χ2n) is 2.92. The van der Waals surface area contributed by atoms with Crippen LogP contribution in [0.4, 0.5) is 0 Å². The first-order valence-electron chi connectivity index (χ1n) is 3.28. The number of rotatable bonds is 3. The Hall–Kier alpha value is 0.557. The fraction of sp³-hybridized carbons (Fsp3) is 1.00. The van der Waals surface area contributed by atoms with Gasteiger partial charge in [-0.3, -0.25) is 0 Å². The van der Waals surface area contributed by atoms with Crippen LogP contribution in [0.3, 0.4) is 0 Å². The summed E-state index contributed by atoms with van der Waals surface area (Å²) in [5, 5.41) is 9.15. The van der Waals surface area contributed by atoms with Crippen molar-refractivity contribution in [2.45, 2.75) is 45.6 Å². The van der Waals surface area contributed by atoms with Crippen LogP contribution >= 0.6 is 0 Å². The zero-order chi connectivity index (χ0) is 6.62. The summed E-state index contributed by atoms with van der Waals surface area (Å²) in [5.74, 6) is 0. The van der Waals surface area contributed by atoms with Crippen LogP contribution in [0.25, 0.3) is 0 Å². The van der Waals surface area contributed by atoms with Crippen LogP contribution in [0.15, 0.2) is 0 Å². The van der Waals surface area contributed by atoms with Gasteiger partial charge in [-0.1, -0.05) is 19.8 Å². The Balaban J connectivity index is -0.000000245. The average Bonchev–Trinajstić information content (AvgIpc) is 1.59. The van der Waals surface area contributed by atoms with Crippen molar-refractivity contribution in [1.29, 1.82) is 0 Å². The van der Waals surface area contributed by atoms with Crippen LogP contribution in [0.2, 0.25) is 0 Å². The second kappa shape index (κ2) is 5.35. The summed E-state index contributed by atoms with van der Waals surface area (Å²) in [6.07, 6.45) is 3.22. The van der Waals surface area contributed by atoms with E-state index in [1.165, 1.54) is 6.42 Å². The Morgan fingerprint density at radius 1 is 1.44 bits per heavy atom. The first-order valence-corrected chi connectivity index (χ1v) is 3.28. The van der Waals surface area contributed by atoms with E-state index in [-0.39, 0.29) is 20.3 Å². The topological polar surface area (TPSA) is 20.2 Å². The van der Waals surface area contributed by atoms with E-state index in [9.17, 15) is 0 Å². The first kappa shape index (κ1) is 12.3. The molecule has 0 saturated carbocycles. The summed E-state index contributed by atoms with van der Waals surface area (Å²) >= 11 is 0. The third kappa shape index (κ3) is 11.9. The zero-order valence-corrected chi connectivity index (χ0v) is 7.07. The van der Waals surface area contributed by atoms with Crippen LogP contribution in [-0.2, 0) is 0 Å². The number of unbranched alkanes of at least 4 members (excludes halogenated alkanes) is 1. The number of hydrogen-bond acceptors (Lipinski definition) is 1. The predicted molar refractivity (Wildman–Crippen MR) is 36.9 cm³/mol. The summed E-state index contributed by atoms with van der Waals surface area (Å²) in [4.78, 5) is 0. The third-order valence-corrected chi connectivity index (χ3v) is 1.14. The molecule has 0 heterocycles. The van der Waals surface area contributed by atoms with Gasteiger partial charge in [0.2, 0.25) is 0 Å². The summed E-state index contributed by atoms with van der Waals surface area (Å²) < 4.78 is 0. The van der Waals surface area contributed by atoms with Crippen molar-refractivity contribution in [2.75, 3.05) is 0 Å². The molecule has 0 fully saturated rings. The quantitative estimate of drug-likeness (QED) is 0.482. The molecular formula is C7H17LiO. The van der Waals surface area contributed by atoms with E-state index in [0.717, 1.165) is 12.8 Å². The maximum atomic E-state index is 9.15. The molecule has 0 aromatic heterocycles. The van der Waals surface area contributed by atoms with Crippen LogP contribution < -0.4 is 18.9 Å². The molecule has 0 aliphatic rings. The van der Waals surface area contributed by atoms with Crippen LogP contribution in [0.1, 0.15) is 41.5 Å². The monoisotopic (exact) mass is 124 g/mol. The van der Waals surface area contributed by atoms with Gasteiger partial charge in [0, 0.05) is 0 Å². The summed E-state index contributed by atoms with van der Waals surface area (Å²) in [7, 11) is 0. The molecule has 0 aromatic carbocycles. The molecule has 1 N–H and O–H groups in total. The fourth-order valence-corrected chi connectivity index (χ4v) is 0.609. The summed E-state index contributed by atoms with van der Waals surface area (Å²) in [5.41, 5.74) is -0.448. The molecule has 0 atom stereocenters. The molecule has 0 bridgehead atoms. The Labute approximate surface area is 71.5 Å². The molecule has 1 nitrogen and oxygen atoms in total. The van der Waals surface area contributed by atoms with E-state index in [0.29, 0.717) is 0 Å². The van der Waals surface area contributed by atoms with Crippen molar-refractivity contribution in [3.8, 4) is 0 Å². The van der Waals surface area contributed by atoms with Gasteiger partial charge in [0.1, 0.15) is 0 Å². The van der Waals surface area contributed by atoms with Crippen molar-refractivity contribution in [2.24, 2.45) is 0 Å². The molecule has 0 aromatic rings. The van der Waals surface area contributed by atoms with Gasteiger partial charge in [0.15, 0.2) is 0 Å². The van der Waals surface area contributed by atoms with Crippen molar-refractivity contribution >= 4 is 0 Å². The van der Waals surface area contributed by atoms with Gasteiger partial charge in [-0.2, -0.15) is 0 Å². The molecule has 0 amide bonds. The minimum absolute atomic E-state index is 0. The van der Waals surface area contributed by atoms with Gasteiger partial charge >= 0.3 is 18.9 Å². The van der Waals surface area contributed by atoms with Crippen molar-refractivity contribution in [3.05, 3.63) is 0 Å². The molecule has 0 aliphatic carbocycles. The molecule has 0 aliphatic heterocycles. The Morgan fingerprint density at radius 2 is 1.89 bits per heavy atom. The smallest absolute Gasteiger partial charge is 1.00 e. The van der Waals surface area contributed by atoms with Gasteiger partial charge in [0.25, 0.3) is 0 Å². The van der Waals surface area contributed by atoms with Gasteiger partial charge < -0.3 is 6.53 Å². The maximum absolute atomic E-state index is 9.15. The molecule has 0 unspecified atom stereocenters. The van der Waals surface area contributed by atoms with Crippen LogP contribution in [0.5, 0.6) is 0 Å². The van der Waals surface area contributed by atoms with E-state index in [2.05, 4.69) is 6.92 Å². The maximum Gasteiger partial charge on any atom is 1.00 e.